The van der Waals surface area contributed by atoms with Crippen molar-refractivity contribution >= 4 is 17.8 Å². The largest absolute Gasteiger partial charge is 0.433 e. The van der Waals surface area contributed by atoms with Gasteiger partial charge in [0.25, 0.3) is 5.88 Å². The van der Waals surface area contributed by atoms with Gasteiger partial charge in [-0.25, -0.2) is 9.97 Å². The van der Waals surface area contributed by atoms with Crippen molar-refractivity contribution < 1.29 is 4.74 Å². The van der Waals surface area contributed by atoms with Crippen LogP contribution in [0.1, 0.15) is 37.3 Å². The topological polar surface area (TPSA) is 94.1 Å². The van der Waals surface area contributed by atoms with Crippen LogP contribution in [0, 0.1) is 6.92 Å². The predicted octanol–water partition coefficient (Wildman–Crippen LogP) is 4.05. The standard InChI is InChI=1S/C23H29N7OS/c1-15-9-16(11-20(10-15)32-25-2)21-13-26-22(24)23(28-21)31-19-12-27-30(14-19)18-5-7-29(8-6-18)17-3-4-17/h9-14,17-18,25H,3-8H2,1-2H3,(H2,24,26). The molecule has 3 aromatic rings. The first-order chi connectivity index (χ1) is 15.6. The van der Waals surface area contributed by atoms with Crippen LogP contribution in [0.2, 0.25) is 0 Å². The first-order valence-corrected chi connectivity index (χ1v) is 11.9. The Morgan fingerprint density at radius 1 is 1.09 bits per heavy atom. The van der Waals surface area contributed by atoms with Crippen molar-refractivity contribution in [3.05, 3.63) is 42.4 Å². The van der Waals surface area contributed by atoms with Crippen LogP contribution in [0.25, 0.3) is 11.3 Å². The summed E-state index contributed by atoms with van der Waals surface area (Å²) >= 11 is 1.56. The van der Waals surface area contributed by atoms with Gasteiger partial charge < -0.3 is 15.4 Å². The zero-order valence-electron chi connectivity index (χ0n) is 18.5. The molecule has 1 saturated heterocycles. The lowest BCUT2D eigenvalue weighted by Gasteiger charge is -2.31. The van der Waals surface area contributed by atoms with E-state index in [9.17, 15) is 0 Å². The van der Waals surface area contributed by atoms with Gasteiger partial charge in [-0.15, -0.1) is 0 Å². The third-order valence-corrected chi connectivity index (χ3v) is 6.74. The minimum Gasteiger partial charge on any atom is -0.433 e. The van der Waals surface area contributed by atoms with E-state index in [0.717, 1.165) is 53.7 Å². The number of benzene rings is 1. The summed E-state index contributed by atoms with van der Waals surface area (Å²) in [6.07, 6.45) is 10.3. The molecule has 0 amide bonds. The number of likely N-dealkylation sites (tertiary alicyclic amines) is 1. The normalized spacial score (nSPS) is 17.6. The lowest BCUT2D eigenvalue weighted by molar-refractivity contribution is 0.172. The zero-order chi connectivity index (χ0) is 22.1. The highest BCUT2D eigenvalue weighted by atomic mass is 32.2. The molecule has 3 heterocycles. The number of rotatable bonds is 7. The maximum Gasteiger partial charge on any atom is 0.263 e. The third kappa shape index (κ3) is 4.74. The zero-order valence-corrected chi connectivity index (χ0v) is 19.3. The van der Waals surface area contributed by atoms with Crippen LogP contribution in [-0.4, -0.2) is 50.8 Å². The number of nitrogen functional groups attached to an aromatic ring is 1. The molecule has 5 rings (SSSR count). The molecule has 8 nitrogen and oxygen atoms in total. The van der Waals surface area contributed by atoms with Gasteiger partial charge in [-0.05, 0) is 75.4 Å². The van der Waals surface area contributed by atoms with E-state index in [1.807, 2.05) is 17.9 Å². The fourth-order valence-corrected chi connectivity index (χ4v) is 4.97. The third-order valence-electron chi connectivity index (χ3n) is 6.06. The molecule has 1 aliphatic heterocycles. The quantitative estimate of drug-likeness (QED) is 0.520. The molecule has 168 valence electrons. The molecular formula is C23H29N7OS. The lowest BCUT2D eigenvalue weighted by Crippen LogP contribution is -2.36. The number of aryl methyl sites for hydroxylation is 1. The number of nitrogens with zero attached hydrogens (tertiary/aromatic N) is 5. The van der Waals surface area contributed by atoms with Gasteiger partial charge in [0, 0.05) is 29.6 Å². The summed E-state index contributed by atoms with van der Waals surface area (Å²) in [5.74, 6) is 1.19. The van der Waals surface area contributed by atoms with E-state index in [2.05, 4.69) is 49.8 Å². The summed E-state index contributed by atoms with van der Waals surface area (Å²) in [6, 6.07) is 7.52. The van der Waals surface area contributed by atoms with Crippen molar-refractivity contribution in [1.82, 2.24) is 29.4 Å². The van der Waals surface area contributed by atoms with Crippen LogP contribution in [0.15, 0.2) is 41.7 Å². The summed E-state index contributed by atoms with van der Waals surface area (Å²) < 4.78 is 11.1. The molecule has 0 atom stereocenters. The molecule has 0 unspecified atom stereocenters. The molecule has 1 aliphatic carbocycles. The Kier molecular flexibility index (Phi) is 6.03. The number of hydrogen-bond acceptors (Lipinski definition) is 8. The summed E-state index contributed by atoms with van der Waals surface area (Å²) in [4.78, 5) is 12.7. The fraction of sp³-hybridized carbons (Fsp3) is 0.435. The number of hydrogen-bond donors (Lipinski definition) is 2. The molecule has 2 fully saturated rings. The summed E-state index contributed by atoms with van der Waals surface area (Å²) in [7, 11) is 1.90. The number of piperidine rings is 1. The maximum absolute atomic E-state index is 6.08. The van der Waals surface area contributed by atoms with Crippen molar-refractivity contribution in [2.24, 2.45) is 0 Å². The molecule has 0 radical (unpaired) electrons. The van der Waals surface area contributed by atoms with E-state index < -0.39 is 0 Å². The minimum absolute atomic E-state index is 0.261. The van der Waals surface area contributed by atoms with E-state index >= 15 is 0 Å². The Balaban J connectivity index is 1.31. The van der Waals surface area contributed by atoms with E-state index in [0.29, 0.717) is 17.7 Å². The van der Waals surface area contributed by atoms with Crippen LogP contribution in [0.4, 0.5) is 5.82 Å². The number of ether oxygens (including phenoxy) is 1. The Bertz CT molecular complexity index is 1090. The maximum atomic E-state index is 6.08. The van der Waals surface area contributed by atoms with Gasteiger partial charge >= 0.3 is 0 Å². The fourth-order valence-electron chi connectivity index (χ4n) is 4.31. The highest BCUT2D eigenvalue weighted by molar-refractivity contribution is 7.97. The first kappa shape index (κ1) is 21.2. The van der Waals surface area contributed by atoms with Gasteiger partial charge in [0.2, 0.25) is 0 Å². The number of aromatic nitrogens is 4. The van der Waals surface area contributed by atoms with Crippen LogP contribution in [0.5, 0.6) is 11.6 Å². The van der Waals surface area contributed by atoms with E-state index in [1.165, 1.54) is 12.8 Å². The van der Waals surface area contributed by atoms with Gasteiger partial charge in [0.15, 0.2) is 11.6 Å². The second kappa shape index (κ2) is 9.09. The SMILES string of the molecule is CNSc1cc(C)cc(-c2cnc(N)c(Oc3cnn(C4CCN(C5CC5)CC4)c3)n2)c1. The van der Waals surface area contributed by atoms with Gasteiger partial charge in [-0.3, -0.25) is 9.40 Å². The monoisotopic (exact) mass is 451 g/mol. The van der Waals surface area contributed by atoms with Gasteiger partial charge in [-0.1, -0.05) is 0 Å². The Morgan fingerprint density at radius 3 is 2.66 bits per heavy atom. The number of anilines is 1. The van der Waals surface area contributed by atoms with Crippen molar-refractivity contribution in [1.29, 1.82) is 0 Å². The molecular weight excluding hydrogens is 422 g/mol. The molecule has 2 aromatic heterocycles. The lowest BCUT2D eigenvalue weighted by atomic mass is 10.1. The van der Waals surface area contributed by atoms with Crippen LogP contribution < -0.4 is 15.2 Å². The molecule has 0 spiro atoms. The van der Waals surface area contributed by atoms with Gasteiger partial charge in [0.05, 0.1) is 30.3 Å². The summed E-state index contributed by atoms with van der Waals surface area (Å²) in [6.45, 7) is 4.36. The van der Waals surface area contributed by atoms with Gasteiger partial charge in [0.1, 0.15) is 0 Å². The second-order valence-corrected chi connectivity index (χ2v) is 9.63. The minimum atomic E-state index is 0.261. The molecule has 2 aliphatic rings. The van der Waals surface area contributed by atoms with Gasteiger partial charge in [-0.2, -0.15) is 5.10 Å². The van der Waals surface area contributed by atoms with Crippen LogP contribution >= 0.6 is 11.9 Å². The Labute approximate surface area is 192 Å². The average Bonchev–Trinajstić information content (AvgIpc) is 3.54. The first-order valence-electron chi connectivity index (χ1n) is 11.1. The highest BCUT2D eigenvalue weighted by Crippen LogP contribution is 2.33. The molecule has 0 bridgehead atoms. The molecule has 1 aromatic carbocycles. The predicted molar refractivity (Wildman–Crippen MR) is 127 cm³/mol. The van der Waals surface area contributed by atoms with Crippen LogP contribution in [-0.2, 0) is 0 Å². The molecule has 9 heteroatoms. The Hall–Kier alpha value is -2.62. The summed E-state index contributed by atoms with van der Waals surface area (Å²) in [5.41, 5.74) is 8.91. The molecule has 32 heavy (non-hydrogen) atoms. The van der Waals surface area contributed by atoms with E-state index in [1.54, 1.807) is 24.3 Å². The molecule has 1 saturated carbocycles. The van der Waals surface area contributed by atoms with Crippen LogP contribution in [0.3, 0.4) is 0 Å². The highest BCUT2D eigenvalue weighted by Gasteiger charge is 2.32. The van der Waals surface area contributed by atoms with E-state index in [-0.39, 0.29) is 5.82 Å². The van der Waals surface area contributed by atoms with Crippen molar-refractivity contribution in [2.45, 2.75) is 49.6 Å². The average molecular weight is 452 g/mol. The second-order valence-electron chi connectivity index (χ2n) is 8.54. The number of nitrogens with one attached hydrogen (secondary N) is 1. The molecule has 3 N–H and O–H groups in total. The summed E-state index contributed by atoms with van der Waals surface area (Å²) in [5, 5.41) is 4.55. The van der Waals surface area contributed by atoms with Crippen molar-refractivity contribution in [3.63, 3.8) is 0 Å². The van der Waals surface area contributed by atoms with Crippen molar-refractivity contribution in [2.75, 3.05) is 25.9 Å². The smallest absolute Gasteiger partial charge is 0.263 e. The number of nitrogens with two attached hydrogens (primary N) is 1. The Morgan fingerprint density at radius 2 is 1.91 bits per heavy atom. The van der Waals surface area contributed by atoms with E-state index in [4.69, 9.17) is 10.5 Å². The van der Waals surface area contributed by atoms with Crippen molar-refractivity contribution in [3.8, 4) is 22.9 Å².